The molecule has 0 amide bonds. The van der Waals surface area contributed by atoms with E-state index in [4.69, 9.17) is 0 Å². The monoisotopic (exact) mass is 340 g/mol. The molecule has 2 aromatic carbocycles. The average Bonchev–Trinajstić information content (AvgIpc) is 2.48. The van der Waals surface area contributed by atoms with Gasteiger partial charge in [0.25, 0.3) is 0 Å². The van der Waals surface area contributed by atoms with Crippen LogP contribution in [-0.4, -0.2) is 8.42 Å². The third-order valence-corrected chi connectivity index (χ3v) is 4.89. The van der Waals surface area contributed by atoms with Crippen molar-refractivity contribution >= 4 is 20.8 Å². The largest absolute Gasteiger partial charge is 0.419 e. The lowest BCUT2D eigenvalue weighted by molar-refractivity contribution is 0.500. The van der Waals surface area contributed by atoms with Gasteiger partial charge in [-0.3, -0.25) is 0 Å². The van der Waals surface area contributed by atoms with Crippen LogP contribution in [0.25, 0.3) is 11.0 Å². The lowest BCUT2D eigenvalue weighted by Crippen LogP contribution is -2.14. The second-order valence-corrected chi connectivity index (χ2v) is 6.58. The molecule has 0 fully saturated rings. The quantitative estimate of drug-likeness (QED) is 0.531. The van der Waals surface area contributed by atoms with Crippen molar-refractivity contribution in [3.63, 3.8) is 0 Å². The minimum absolute atomic E-state index is 0.220. The molecule has 0 radical (unpaired) electrons. The second kappa shape index (κ2) is 5.24. The van der Waals surface area contributed by atoms with E-state index in [0.29, 0.717) is 6.07 Å². The van der Waals surface area contributed by atoms with Crippen LogP contribution in [0.15, 0.2) is 61.5 Å². The highest BCUT2D eigenvalue weighted by atomic mass is 32.2. The van der Waals surface area contributed by atoms with Gasteiger partial charge in [0, 0.05) is 11.5 Å². The lowest BCUT2D eigenvalue weighted by Gasteiger charge is -2.05. The fourth-order valence-electron chi connectivity index (χ4n) is 2.07. The number of halogens is 3. The first-order valence-corrected chi connectivity index (χ1v) is 7.71. The Labute approximate surface area is 127 Å². The molecule has 118 valence electrons. The number of sulfone groups is 1. The highest BCUT2D eigenvalue weighted by Gasteiger charge is 2.24. The summed E-state index contributed by atoms with van der Waals surface area (Å²) in [6.45, 7) is 0. The number of rotatable bonds is 2. The zero-order valence-electron chi connectivity index (χ0n) is 11.2. The van der Waals surface area contributed by atoms with Gasteiger partial charge in [-0.2, -0.15) is 0 Å². The van der Waals surface area contributed by atoms with Crippen molar-refractivity contribution in [2.24, 2.45) is 0 Å². The van der Waals surface area contributed by atoms with E-state index in [0.717, 1.165) is 36.4 Å². The molecule has 0 aliphatic heterocycles. The van der Waals surface area contributed by atoms with Crippen LogP contribution in [0.2, 0.25) is 0 Å². The fraction of sp³-hybridized carbons (Fsp3) is 0. The molecule has 0 saturated carbocycles. The molecule has 0 N–H and O–H groups in total. The Morgan fingerprint density at radius 3 is 2.17 bits per heavy atom. The van der Waals surface area contributed by atoms with Crippen LogP contribution < -0.4 is 5.63 Å². The summed E-state index contributed by atoms with van der Waals surface area (Å²) in [6, 6.07) is 5.95. The fourth-order valence-corrected chi connectivity index (χ4v) is 3.36. The Morgan fingerprint density at radius 1 is 0.870 bits per heavy atom. The Kier molecular flexibility index (Phi) is 3.48. The number of fused-ring (bicyclic) bond motifs is 1. The third kappa shape index (κ3) is 2.61. The molecule has 0 spiro atoms. The molecule has 1 aromatic heterocycles. The zero-order valence-corrected chi connectivity index (χ0v) is 12.0. The maximum absolute atomic E-state index is 13.6. The summed E-state index contributed by atoms with van der Waals surface area (Å²) in [5.74, 6) is -2.73. The van der Waals surface area contributed by atoms with Gasteiger partial charge in [-0.05, 0) is 36.4 Å². The van der Waals surface area contributed by atoms with E-state index in [1.54, 1.807) is 0 Å². The molecule has 4 nitrogen and oxygen atoms in total. The predicted molar refractivity (Wildman–Crippen MR) is 74.3 cm³/mol. The van der Waals surface area contributed by atoms with E-state index in [1.807, 2.05) is 0 Å². The van der Waals surface area contributed by atoms with E-state index in [1.165, 1.54) is 0 Å². The lowest BCUT2D eigenvalue weighted by atomic mass is 10.2. The second-order valence-electron chi connectivity index (χ2n) is 4.66. The molecule has 0 aliphatic rings. The van der Waals surface area contributed by atoms with Crippen LogP contribution in [0.3, 0.4) is 0 Å². The van der Waals surface area contributed by atoms with Crippen molar-refractivity contribution in [2.45, 2.75) is 9.79 Å². The first kappa shape index (κ1) is 15.3. The van der Waals surface area contributed by atoms with E-state index < -0.39 is 43.4 Å². The van der Waals surface area contributed by atoms with E-state index >= 15 is 0 Å². The minimum Gasteiger partial charge on any atom is -0.419 e. The summed E-state index contributed by atoms with van der Waals surface area (Å²) in [6.07, 6.45) is 0. The molecule has 0 bridgehead atoms. The van der Waals surface area contributed by atoms with Gasteiger partial charge in [-0.1, -0.05) is 0 Å². The molecule has 8 heteroatoms. The summed E-state index contributed by atoms with van der Waals surface area (Å²) in [7, 11) is -4.32. The summed E-state index contributed by atoms with van der Waals surface area (Å²) in [5, 5.41) is -0.220. The van der Waals surface area contributed by atoms with Crippen molar-refractivity contribution in [3.05, 3.63) is 70.3 Å². The Bertz CT molecular complexity index is 1070. The Morgan fingerprint density at radius 2 is 1.52 bits per heavy atom. The summed E-state index contributed by atoms with van der Waals surface area (Å²) in [4.78, 5) is 10.7. The summed E-state index contributed by atoms with van der Waals surface area (Å²) >= 11 is 0. The number of hydrogen-bond acceptors (Lipinski definition) is 4. The van der Waals surface area contributed by atoms with Crippen molar-refractivity contribution in [3.8, 4) is 0 Å². The maximum atomic E-state index is 13.6. The molecule has 1 heterocycles. The highest BCUT2D eigenvalue weighted by Crippen LogP contribution is 2.24. The van der Waals surface area contributed by atoms with Gasteiger partial charge in [0.2, 0.25) is 9.84 Å². The average molecular weight is 340 g/mol. The number of benzene rings is 2. The van der Waals surface area contributed by atoms with Crippen LogP contribution in [0, 0.1) is 17.5 Å². The summed E-state index contributed by atoms with van der Waals surface area (Å²) in [5.41, 5.74) is -1.85. The minimum atomic E-state index is -4.32. The van der Waals surface area contributed by atoms with Crippen LogP contribution in [0.1, 0.15) is 0 Å². The van der Waals surface area contributed by atoms with Gasteiger partial charge >= 0.3 is 5.63 Å². The van der Waals surface area contributed by atoms with Gasteiger partial charge in [0.1, 0.15) is 11.6 Å². The first-order chi connectivity index (χ1) is 10.8. The molecule has 0 atom stereocenters. The maximum Gasteiger partial charge on any atom is 0.355 e. The van der Waals surface area contributed by atoms with Gasteiger partial charge < -0.3 is 4.42 Å². The SMILES string of the molecule is O=c1oc2c(F)cc(F)cc2cc1S(=O)(=O)c1ccc(F)cc1. The van der Waals surface area contributed by atoms with Gasteiger partial charge in [-0.15, -0.1) is 0 Å². The normalized spacial score (nSPS) is 11.8. The topological polar surface area (TPSA) is 64.3 Å². The molecular formula is C15H7F3O4S. The molecule has 3 aromatic rings. The van der Waals surface area contributed by atoms with Crippen LogP contribution >= 0.6 is 0 Å². The molecular weight excluding hydrogens is 333 g/mol. The zero-order chi connectivity index (χ0) is 16.8. The van der Waals surface area contributed by atoms with Gasteiger partial charge in [0.15, 0.2) is 16.3 Å². The van der Waals surface area contributed by atoms with E-state index in [9.17, 15) is 26.4 Å². The molecule has 3 rings (SSSR count). The van der Waals surface area contributed by atoms with Gasteiger partial charge in [0.05, 0.1) is 4.90 Å². The molecule has 0 aliphatic carbocycles. The summed E-state index contributed by atoms with van der Waals surface area (Å²) < 4.78 is 69.2. The van der Waals surface area contributed by atoms with E-state index in [-0.39, 0.29) is 10.3 Å². The van der Waals surface area contributed by atoms with Crippen molar-refractivity contribution < 1.29 is 26.0 Å². The Balaban J connectivity index is 2.29. The molecule has 23 heavy (non-hydrogen) atoms. The molecule has 0 unspecified atom stereocenters. The smallest absolute Gasteiger partial charge is 0.355 e. The predicted octanol–water partition coefficient (Wildman–Crippen LogP) is 3.04. The highest BCUT2D eigenvalue weighted by molar-refractivity contribution is 7.91. The Hall–Kier alpha value is -2.61. The third-order valence-electron chi connectivity index (χ3n) is 3.13. The van der Waals surface area contributed by atoms with Crippen molar-refractivity contribution in [1.29, 1.82) is 0 Å². The molecule has 0 saturated heterocycles. The van der Waals surface area contributed by atoms with Crippen molar-refractivity contribution in [1.82, 2.24) is 0 Å². The van der Waals surface area contributed by atoms with Crippen LogP contribution in [0.4, 0.5) is 13.2 Å². The van der Waals surface area contributed by atoms with E-state index in [2.05, 4.69) is 4.42 Å². The first-order valence-electron chi connectivity index (χ1n) is 6.22. The van der Waals surface area contributed by atoms with Gasteiger partial charge in [-0.25, -0.2) is 26.4 Å². The van der Waals surface area contributed by atoms with Crippen LogP contribution in [-0.2, 0) is 9.84 Å². The van der Waals surface area contributed by atoms with Crippen molar-refractivity contribution in [2.75, 3.05) is 0 Å². The standard InChI is InChI=1S/C15H7F3O4S/c16-9-1-3-11(4-2-9)23(20,21)13-6-8-5-10(17)7-12(18)14(8)22-15(13)19/h1-7H. The van der Waals surface area contributed by atoms with Crippen LogP contribution in [0.5, 0.6) is 0 Å². The number of hydrogen-bond donors (Lipinski definition) is 0.